The standard InChI is InChI=1S/C16H14F2O3/c1-20-12-7-11(8-13(9-12)21-2)16(19)6-10-3-4-14(17)15(18)5-10/h3-5,7-9H,6H2,1-2H3. The minimum absolute atomic E-state index is 0.0342. The highest BCUT2D eigenvalue weighted by Crippen LogP contribution is 2.23. The first kappa shape index (κ1) is 15.0. The van der Waals surface area contributed by atoms with E-state index in [4.69, 9.17) is 9.47 Å². The van der Waals surface area contributed by atoms with Gasteiger partial charge in [-0.15, -0.1) is 0 Å². The maximum Gasteiger partial charge on any atom is 0.167 e. The number of ketones is 1. The van der Waals surface area contributed by atoms with Crippen molar-refractivity contribution in [2.45, 2.75) is 6.42 Å². The lowest BCUT2D eigenvalue weighted by atomic mass is 10.0. The van der Waals surface area contributed by atoms with Crippen molar-refractivity contribution < 1.29 is 23.0 Å². The number of rotatable bonds is 5. The first-order valence-electron chi connectivity index (χ1n) is 6.23. The van der Waals surface area contributed by atoms with E-state index >= 15 is 0 Å². The van der Waals surface area contributed by atoms with Gasteiger partial charge in [-0.1, -0.05) is 6.07 Å². The second-order valence-corrected chi connectivity index (χ2v) is 4.45. The molecule has 0 fully saturated rings. The number of hydrogen-bond donors (Lipinski definition) is 0. The fourth-order valence-electron chi connectivity index (χ4n) is 1.91. The van der Waals surface area contributed by atoms with Crippen molar-refractivity contribution in [3.8, 4) is 11.5 Å². The van der Waals surface area contributed by atoms with Gasteiger partial charge in [0.2, 0.25) is 0 Å². The Morgan fingerprint density at radius 2 is 1.57 bits per heavy atom. The first-order valence-corrected chi connectivity index (χ1v) is 6.23. The molecule has 0 saturated carbocycles. The van der Waals surface area contributed by atoms with Gasteiger partial charge in [-0.05, 0) is 29.8 Å². The van der Waals surface area contributed by atoms with Gasteiger partial charge >= 0.3 is 0 Å². The Morgan fingerprint density at radius 3 is 2.10 bits per heavy atom. The fourth-order valence-corrected chi connectivity index (χ4v) is 1.91. The number of carbonyl (C=O) groups is 1. The Bertz CT molecular complexity index is 646. The predicted molar refractivity (Wildman–Crippen MR) is 73.9 cm³/mol. The summed E-state index contributed by atoms with van der Waals surface area (Å²) in [5, 5.41) is 0. The second kappa shape index (κ2) is 6.35. The molecule has 21 heavy (non-hydrogen) atoms. The van der Waals surface area contributed by atoms with Crippen molar-refractivity contribution >= 4 is 5.78 Å². The molecule has 0 aliphatic heterocycles. The number of carbonyl (C=O) groups excluding carboxylic acids is 1. The van der Waals surface area contributed by atoms with E-state index in [1.54, 1.807) is 18.2 Å². The monoisotopic (exact) mass is 292 g/mol. The molecule has 5 heteroatoms. The highest BCUT2D eigenvalue weighted by atomic mass is 19.2. The van der Waals surface area contributed by atoms with Crippen LogP contribution in [0, 0.1) is 11.6 Å². The Kier molecular flexibility index (Phi) is 4.52. The van der Waals surface area contributed by atoms with Gasteiger partial charge in [0.05, 0.1) is 14.2 Å². The zero-order valence-electron chi connectivity index (χ0n) is 11.7. The van der Waals surface area contributed by atoms with Crippen LogP contribution < -0.4 is 9.47 Å². The van der Waals surface area contributed by atoms with Gasteiger partial charge in [0.15, 0.2) is 17.4 Å². The number of benzene rings is 2. The van der Waals surface area contributed by atoms with E-state index in [0.29, 0.717) is 22.6 Å². The summed E-state index contributed by atoms with van der Waals surface area (Å²) in [5.41, 5.74) is 0.789. The molecule has 0 bridgehead atoms. The molecule has 0 unspecified atom stereocenters. The molecule has 0 amide bonds. The Labute approximate surface area is 121 Å². The lowest BCUT2D eigenvalue weighted by Crippen LogP contribution is -2.05. The van der Waals surface area contributed by atoms with Crippen LogP contribution in [-0.2, 0) is 6.42 Å². The quantitative estimate of drug-likeness (QED) is 0.792. The molecular formula is C16H14F2O3. The van der Waals surface area contributed by atoms with Crippen LogP contribution in [0.25, 0.3) is 0 Å². The largest absolute Gasteiger partial charge is 0.497 e. The number of hydrogen-bond acceptors (Lipinski definition) is 3. The van der Waals surface area contributed by atoms with Crippen molar-refractivity contribution in [3.63, 3.8) is 0 Å². The van der Waals surface area contributed by atoms with E-state index in [1.165, 1.54) is 20.3 Å². The van der Waals surface area contributed by atoms with Crippen LogP contribution in [0.4, 0.5) is 8.78 Å². The van der Waals surface area contributed by atoms with Crippen molar-refractivity contribution in [1.29, 1.82) is 0 Å². The van der Waals surface area contributed by atoms with Crippen molar-refractivity contribution in [1.82, 2.24) is 0 Å². The van der Waals surface area contributed by atoms with E-state index in [-0.39, 0.29) is 12.2 Å². The highest BCUT2D eigenvalue weighted by Gasteiger charge is 2.12. The van der Waals surface area contributed by atoms with E-state index < -0.39 is 11.6 Å². The summed E-state index contributed by atoms with van der Waals surface area (Å²) in [7, 11) is 2.97. The zero-order chi connectivity index (χ0) is 15.4. The van der Waals surface area contributed by atoms with Gasteiger partial charge in [0.1, 0.15) is 11.5 Å². The molecule has 2 aromatic rings. The predicted octanol–water partition coefficient (Wildman–Crippen LogP) is 3.41. The van der Waals surface area contributed by atoms with Crippen LogP contribution in [-0.4, -0.2) is 20.0 Å². The van der Waals surface area contributed by atoms with E-state index in [9.17, 15) is 13.6 Å². The third kappa shape index (κ3) is 3.56. The van der Waals surface area contributed by atoms with E-state index in [1.807, 2.05) is 0 Å². The lowest BCUT2D eigenvalue weighted by Gasteiger charge is -2.08. The minimum atomic E-state index is -0.969. The average Bonchev–Trinajstić information content (AvgIpc) is 2.50. The molecule has 0 radical (unpaired) electrons. The van der Waals surface area contributed by atoms with Crippen LogP contribution in [0.2, 0.25) is 0 Å². The van der Waals surface area contributed by atoms with Crippen molar-refractivity contribution in [2.24, 2.45) is 0 Å². The summed E-state index contributed by atoms with van der Waals surface area (Å²) in [6, 6.07) is 8.20. The third-order valence-corrected chi connectivity index (χ3v) is 3.02. The van der Waals surface area contributed by atoms with Gasteiger partial charge in [-0.3, -0.25) is 4.79 Å². The van der Waals surface area contributed by atoms with Crippen molar-refractivity contribution in [3.05, 3.63) is 59.2 Å². The average molecular weight is 292 g/mol. The number of ether oxygens (including phenoxy) is 2. The smallest absolute Gasteiger partial charge is 0.167 e. The molecule has 0 heterocycles. The zero-order valence-corrected chi connectivity index (χ0v) is 11.7. The van der Waals surface area contributed by atoms with Gasteiger partial charge < -0.3 is 9.47 Å². The molecule has 110 valence electrons. The molecule has 3 nitrogen and oxygen atoms in total. The number of halogens is 2. The topological polar surface area (TPSA) is 35.5 Å². The molecule has 0 spiro atoms. The number of methoxy groups -OCH3 is 2. The molecule has 2 aromatic carbocycles. The molecule has 2 rings (SSSR count). The van der Waals surface area contributed by atoms with Crippen LogP contribution >= 0.6 is 0 Å². The summed E-state index contributed by atoms with van der Waals surface area (Å²) >= 11 is 0. The summed E-state index contributed by atoms with van der Waals surface area (Å²) in [6.07, 6.45) is -0.0342. The fraction of sp³-hybridized carbons (Fsp3) is 0.188. The van der Waals surface area contributed by atoms with E-state index in [2.05, 4.69) is 0 Å². The molecule has 0 saturated heterocycles. The Hall–Kier alpha value is -2.43. The molecule has 0 aromatic heterocycles. The normalized spacial score (nSPS) is 10.3. The van der Waals surface area contributed by atoms with E-state index in [0.717, 1.165) is 12.1 Å². The maximum absolute atomic E-state index is 13.1. The van der Waals surface area contributed by atoms with Crippen LogP contribution in [0.15, 0.2) is 36.4 Å². The van der Waals surface area contributed by atoms with Gasteiger partial charge in [-0.25, -0.2) is 8.78 Å². The second-order valence-electron chi connectivity index (χ2n) is 4.45. The first-order chi connectivity index (χ1) is 10.0. The molecular weight excluding hydrogens is 278 g/mol. The van der Waals surface area contributed by atoms with Crippen LogP contribution in [0.3, 0.4) is 0 Å². The number of Topliss-reactive ketones (excluding diaryl/α,β-unsaturated/α-hetero) is 1. The summed E-state index contributed by atoms with van der Waals surface area (Å²) in [4.78, 5) is 12.2. The van der Waals surface area contributed by atoms with Gasteiger partial charge in [0, 0.05) is 18.1 Å². The highest BCUT2D eigenvalue weighted by molar-refractivity contribution is 5.98. The lowest BCUT2D eigenvalue weighted by molar-refractivity contribution is 0.0992. The van der Waals surface area contributed by atoms with Crippen LogP contribution in [0.1, 0.15) is 15.9 Å². The summed E-state index contributed by atoms with van der Waals surface area (Å²) in [6.45, 7) is 0. The SMILES string of the molecule is COc1cc(OC)cc(C(=O)Cc2ccc(F)c(F)c2)c1. The maximum atomic E-state index is 13.1. The van der Waals surface area contributed by atoms with Crippen molar-refractivity contribution in [2.75, 3.05) is 14.2 Å². The summed E-state index contributed by atoms with van der Waals surface area (Å²) < 4.78 is 36.2. The molecule has 0 aliphatic carbocycles. The molecule has 0 atom stereocenters. The van der Waals surface area contributed by atoms with Crippen LogP contribution in [0.5, 0.6) is 11.5 Å². The van der Waals surface area contributed by atoms with Gasteiger partial charge in [-0.2, -0.15) is 0 Å². The van der Waals surface area contributed by atoms with Gasteiger partial charge in [0.25, 0.3) is 0 Å². The minimum Gasteiger partial charge on any atom is -0.497 e. The Morgan fingerprint density at radius 1 is 0.952 bits per heavy atom. The third-order valence-electron chi connectivity index (χ3n) is 3.02. The Balaban J connectivity index is 2.25. The molecule has 0 N–H and O–H groups in total. The molecule has 0 aliphatic rings. The summed E-state index contributed by atoms with van der Waals surface area (Å²) in [5.74, 6) is -1.16.